The molecule has 0 N–H and O–H groups in total. The topological polar surface area (TPSA) is 22.1 Å². The number of rotatable bonds is 2. The van der Waals surface area contributed by atoms with Crippen molar-refractivity contribution in [2.75, 3.05) is 13.2 Å². The zero-order valence-corrected chi connectivity index (χ0v) is 8.84. The molecular formula is C6H6BrNOS2. The molecule has 0 spiro atoms. The van der Waals surface area contributed by atoms with Gasteiger partial charge in [-0.3, -0.25) is 0 Å². The van der Waals surface area contributed by atoms with Crippen LogP contribution in [0.4, 0.5) is 0 Å². The van der Waals surface area contributed by atoms with Crippen LogP contribution in [0.1, 0.15) is 0 Å². The van der Waals surface area contributed by atoms with Crippen LogP contribution in [-0.2, 0) is 4.74 Å². The number of aromatic nitrogens is 1. The predicted octanol–water partition coefficient (Wildman–Crippen LogP) is 2.40. The van der Waals surface area contributed by atoms with Gasteiger partial charge in [-0.05, 0) is 15.9 Å². The largest absolute Gasteiger partial charge is 0.379 e. The quantitative estimate of drug-likeness (QED) is 0.806. The van der Waals surface area contributed by atoms with Crippen LogP contribution in [0.3, 0.4) is 0 Å². The van der Waals surface area contributed by atoms with Crippen molar-refractivity contribution in [3.8, 4) is 0 Å². The third-order valence-corrected chi connectivity index (χ3v) is 4.15. The van der Waals surface area contributed by atoms with Gasteiger partial charge >= 0.3 is 0 Å². The number of nitrogens with zero attached hydrogens (tertiary/aromatic N) is 1. The summed E-state index contributed by atoms with van der Waals surface area (Å²) < 4.78 is 7.12. The van der Waals surface area contributed by atoms with Gasteiger partial charge in [0, 0.05) is 5.38 Å². The molecule has 0 atom stereocenters. The van der Waals surface area contributed by atoms with Crippen LogP contribution in [0.5, 0.6) is 0 Å². The van der Waals surface area contributed by atoms with Gasteiger partial charge in [-0.1, -0.05) is 11.8 Å². The minimum absolute atomic E-state index is 0.632. The summed E-state index contributed by atoms with van der Waals surface area (Å²) in [5, 5.41) is 2.63. The fourth-order valence-electron chi connectivity index (χ4n) is 0.718. The summed E-state index contributed by atoms with van der Waals surface area (Å²) >= 11 is 6.80. The van der Waals surface area contributed by atoms with E-state index in [-0.39, 0.29) is 0 Å². The summed E-state index contributed by atoms with van der Waals surface area (Å²) in [7, 11) is 0. The van der Waals surface area contributed by atoms with E-state index in [9.17, 15) is 0 Å². The Morgan fingerprint density at radius 2 is 2.55 bits per heavy atom. The maximum atomic E-state index is 5.06. The van der Waals surface area contributed by atoms with E-state index in [1.807, 2.05) is 5.38 Å². The number of thioether (sulfide) groups is 1. The fourth-order valence-corrected chi connectivity index (χ4v) is 3.35. The van der Waals surface area contributed by atoms with Gasteiger partial charge in [0.2, 0.25) is 0 Å². The lowest BCUT2D eigenvalue weighted by molar-refractivity contribution is 0.0455. The van der Waals surface area contributed by atoms with Gasteiger partial charge in [0.25, 0.3) is 0 Å². The Kier molecular flexibility index (Phi) is 2.51. The monoisotopic (exact) mass is 251 g/mol. The molecule has 1 aliphatic rings. The van der Waals surface area contributed by atoms with Crippen LogP contribution >= 0.6 is 39.0 Å². The minimum Gasteiger partial charge on any atom is -0.379 e. The molecule has 1 saturated heterocycles. The highest BCUT2D eigenvalue weighted by Gasteiger charge is 2.20. The maximum Gasteiger partial charge on any atom is 0.151 e. The number of halogens is 1. The highest BCUT2D eigenvalue weighted by Crippen LogP contribution is 2.31. The Balaban J connectivity index is 1.95. The second kappa shape index (κ2) is 3.43. The first kappa shape index (κ1) is 8.04. The summed E-state index contributed by atoms with van der Waals surface area (Å²) in [5.74, 6) is 0. The number of thiazole rings is 1. The van der Waals surface area contributed by atoms with Crippen LogP contribution in [0.15, 0.2) is 14.3 Å². The molecule has 0 amide bonds. The summed E-state index contributed by atoms with van der Waals surface area (Å²) in [4.78, 5) is 4.28. The number of hydrogen-bond donors (Lipinski definition) is 0. The average molecular weight is 252 g/mol. The van der Waals surface area contributed by atoms with Gasteiger partial charge in [0.05, 0.1) is 18.5 Å². The second-order valence-electron chi connectivity index (χ2n) is 2.21. The molecular weight excluding hydrogens is 246 g/mol. The molecule has 0 radical (unpaired) electrons. The Morgan fingerprint density at radius 1 is 1.73 bits per heavy atom. The predicted molar refractivity (Wildman–Crippen MR) is 50.3 cm³/mol. The Morgan fingerprint density at radius 3 is 3.00 bits per heavy atom. The first-order chi connectivity index (χ1) is 5.34. The van der Waals surface area contributed by atoms with Crippen LogP contribution < -0.4 is 0 Å². The van der Waals surface area contributed by atoms with Gasteiger partial charge in [-0.2, -0.15) is 0 Å². The summed E-state index contributed by atoms with van der Waals surface area (Å²) in [6.07, 6.45) is 0. The Labute approximate surface area is 81.5 Å². The molecule has 0 saturated carbocycles. The van der Waals surface area contributed by atoms with E-state index < -0.39 is 0 Å². The standard InChI is InChI=1S/C6H6BrNOS2/c7-5-3-10-6(8-5)11-4-1-9-2-4/h3-4H,1-2H2. The lowest BCUT2D eigenvalue weighted by atomic mass is 10.4. The van der Waals surface area contributed by atoms with Crippen LogP contribution in [0.2, 0.25) is 0 Å². The van der Waals surface area contributed by atoms with Crippen molar-refractivity contribution in [3.63, 3.8) is 0 Å². The molecule has 2 heterocycles. The molecule has 1 aliphatic heterocycles. The summed E-state index contributed by atoms with van der Waals surface area (Å²) in [6.45, 7) is 1.75. The lowest BCUT2D eigenvalue weighted by Crippen LogP contribution is -2.29. The van der Waals surface area contributed by atoms with Gasteiger partial charge in [0.1, 0.15) is 4.60 Å². The van der Waals surface area contributed by atoms with E-state index in [1.165, 1.54) is 0 Å². The SMILES string of the molecule is Brc1csc(SC2COC2)n1. The van der Waals surface area contributed by atoms with Gasteiger partial charge in [-0.15, -0.1) is 11.3 Å². The van der Waals surface area contributed by atoms with Crippen LogP contribution in [0.25, 0.3) is 0 Å². The molecule has 0 unspecified atom stereocenters. The van der Waals surface area contributed by atoms with Gasteiger partial charge < -0.3 is 4.74 Å². The molecule has 1 aromatic heterocycles. The fraction of sp³-hybridized carbons (Fsp3) is 0.500. The van der Waals surface area contributed by atoms with Crippen LogP contribution in [0, 0.1) is 0 Å². The number of hydrogen-bond acceptors (Lipinski definition) is 4. The van der Waals surface area contributed by atoms with Crippen LogP contribution in [-0.4, -0.2) is 23.4 Å². The molecule has 1 fully saturated rings. The maximum absolute atomic E-state index is 5.06. The molecule has 2 rings (SSSR count). The molecule has 5 heteroatoms. The van der Waals surface area contributed by atoms with Crippen molar-refractivity contribution < 1.29 is 4.74 Å². The van der Waals surface area contributed by atoms with Crippen molar-refractivity contribution in [2.45, 2.75) is 9.59 Å². The van der Waals surface area contributed by atoms with Crippen molar-refractivity contribution in [1.29, 1.82) is 0 Å². The van der Waals surface area contributed by atoms with Gasteiger partial charge in [-0.25, -0.2) is 4.98 Å². The van der Waals surface area contributed by atoms with E-state index in [4.69, 9.17) is 4.74 Å². The van der Waals surface area contributed by atoms with Crippen molar-refractivity contribution in [3.05, 3.63) is 9.98 Å². The first-order valence-corrected chi connectivity index (χ1v) is 5.75. The highest BCUT2D eigenvalue weighted by molar-refractivity contribution is 9.10. The van der Waals surface area contributed by atoms with E-state index in [0.717, 1.165) is 22.2 Å². The van der Waals surface area contributed by atoms with Crippen molar-refractivity contribution in [2.24, 2.45) is 0 Å². The summed E-state index contributed by atoms with van der Waals surface area (Å²) in [5.41, 5.74) is 0. The normalized spacial score (nSPS) is 18.3. The number of ether oxygens (including phenoxy) is 1. The van der Waals surface area contributed by atoms with E-state index >= 15 is 0 Å². The van der Waals surface area contributed by atoms with Gasteiger partial charge in [0.15, 0.2) is 4.34 Å². The van der Waals surface area contributed by atoms with E-state index in [2.05, 4.69) is 20.9 Å². The van der Waals surface area contributed by atoms with Crippen molar-refractivity contribution in [1.82, 2.24) is 4.98 Å². The first-order valence-electron chi connectivity index (χ1n) is 3.20. The zero-order chi connectivity index (χ0) is 7.68. The zero-order valence-electron chi connectivity index (χ0n) is 5.62. The minimum atomic E-state index is 0.632. The third kappa shape index (κ3) is 1.96. The molecule has 0 aromatic carbocycles. The Bertz CT molecular complexity index is 248. The molecule has 1 aromatic rings. The second-order valence-corrected chi connectivity index (χ2v) is 5.43. The highest BCUT2D eigenvalue weighted by atomic mass is 79.9. The molecule has 60 valence electrons. The molecule has 0 bridgehead atoms. The van der Waals surface area contributed by atoms with E-state index in [1.54, 1.807) is 23.1 Å². The Hall–Kier alpha value is 0.420. The molecule has 11 heavy (non-hydrogen) atoms. The lowest BCUT2D eigenvalue weighted by Gasteiger charge is -2.23. The summed E-state index contributed by atoms with van der Waals surface area (Å²) in [6, 6.07) is 0. The molecule has 2 nitrogen and oxygen atoms in total. The smallest absolute Gasteiger partial charge is 0.151 e. The van der Waals surface area contributed by atoms with Crippen molar-refractivity contribution >= 4 is 39.0 Å². The van der Waals surface area contributed by atoms with E-state index in [0.29, 0.717) is 5.25 Å². The average Bonchev–Trinajstić information content (AvgIpc) is 2.27. The third-order valence-electron chi connectivity index (χ3n) is 1.33. The molecule has 0 aliphatic carbocycles.